The summed E-state index contributed by atoms with van der Waals surface area (Å²) in [4.78, 5) is 7.26. The van der Waals surface area contributed by atoms with Crippen molar-refractivity contribution >= 4 is 29.4 Å². The first-order valence-corrected chi connectivity index (χ1v) is 7.85. The minimum Gasteiger partial charge on any atom is -0.467 e. The molecule has 6 heteroatoms. The van der Waals surface area contributed by atoms with Gasteiger partial charge in [0.1, 0.15) is 5.76 Å². The molecule has 0 saturated carbocycles. The number of anilines is 1. The summed E-state index contributed by atoms with van der Waals surface area (Å²) < 4.78 is 7.81. The van der Waals surface area contributed by atoms with E-state index in [9.17, 15) is 0 Å². The lowest BCUT2D eigenvalue weighted by atomic mass is 10.3. The zero-order chi connectivity index (χ0) is 14.8. The highest BCUT2D eigenvalue weighted by Gasteiger charge is 2.18. The van der Waals surface area contributed by atoms with Crippen LogP contribution in [0.25, 0.3) is 11.0 Å². The maximum atomic E-state index is 5.54. The first kappa shape index (κ1) is 15.9. The lowest BCUT2D eigenvalue weighted by Gasteiger charge is -2.22. The van der Waals surface area contributed by atoms with E-state index in [1.54, 1.807) is 6.26 Å². The van der Waals surface area contributed by atoms with E-state index in [2.05, 4.69) is 33.0 Å². The van der Waals surface area contributed by atoms with E-state index in [1.165, 1.54) is 0 Å². The molecule has 2 aromatic heterocycles. The Hall–Kier alpha value is -1.98. The summed E-state index contributed by atoms with van der Waals surface area (Å²) in [5.41, 5.74) is 2.20. The maximum Gasteiger partial charge on any atom is 0.207 e. The molecule has 0 radical (unpaired) electrons. The second kappa shape index (κ2) is 7.06. The number of rotatable bonds is 3. The van der Waals surface area contributed by atoms with Crippen LogP contribution < -0.4 is 10.2 Å². The van der Waals surface area contributed by atoms with E-state index in [4.69, 9.17) is 9.40 Å². The monoisotopic (exact) mass is 332 g/mol. The number of fused-ring (bicyclic) bond motifs is 1. The van der Waals surface area contributed by atoms with Crippen molar-refractivity contribution < 1.29 is 4.42 Å². The summed E-state index contributed by atoms with van der Waals surface area (Å²) in [6.07, 6.45) is 2.87. The van der Waals surface area contributed by atoms with Gasteiger partial charge in [-0.2, -0.15) is 0 Å². The highest BCUT2D eigenvalue weighted by Crippen LogP contribution is 2.24. The number of benzene rings is 1. The molecular weight excluding hydrogens is 312 g/mol. The van der Waals surface area contributed by atoms with Crippen molar-refractivity contribution in [2.75, 3.05) is 31.1 Å². The number of nitrogens with zero attached hydrogens (tertiary/aromatic N) is 3. The summed E-state index contributed by atoms with van der Waals surface area (Å²) in [6.45, 7) is 4.82. The zero-order valence-corrected chi connectivity index (χ0v) is 13.8. The zero-order valence-electron chi connectivity index (χ0n) is 12.9. The summed E-state index contributed by atoms with van der Waals surface area (Å²) in [7, 11) is 0. The Balaban J connectivity index is 0.00000156. The molecule has 0 atom stereocenters. The van der Waals surface area contributed by atoms with Crippen molar-refractivity contribution in [3.63, 3.8) is 0 Å². The predicted octanol–water partition coefficient (Wildman–Crippen LogP) is 2.90. The highest BCUT2D eigenvalue weighted by molar-refractivity contribution is 5.85. The molecule has 0 spiro atoms. The van der Waals surface area contributed by atoms with Gasteiger partial charge in [-0.25, -0.2) is 4.98 Å². The van der Waals surface area contributed by atoms with Gasteiger partial charge in [0.2, 0.25) is 5.95 Å². The Morgan fingerprint density at radius 2 is 2.00 bits per heavy atom. The van der Waals surface area contributed by atoms with Crippen LogP contribution in [-0.2, 0) is 6.54 Å². The van der Waals surface area contributed by atoms with E-state index in [0.29, 0.717) is 6.54 Å². The summed E-state index contributed by atoms with van der Waals surface area (Å²) in [5, 5.41) is 3.45. The van der Waals surface area contributed by atoms with Crippen LogP contribution in [0.2, 0.25) is 0 Å². The quantitative estimate of drug-likeness (QED) is 0.801. The number of aromatic nitrogens is 2. The van der Waals surface area contributed by atoms with Gasteiger partial charge in [0.25, 0.3) is 0 Å². The third kappa shape index (κ3) is 3.21. The molecule has 122 valence electrons. The number of para-hydroxylation sites is 2. The van der Waals surface area contributed by atoms with Crippen molar-refractivity contribution in [3.05, 3.63) is 48.4 Å². The van der Waals surface area contributed by atoms with Crippen LogP contribution in [0.15, 0.2) is 47.1 Å². The van der Waals surface area contributed by atoms with Gasteiger partial charge < -0.3 is 19.2 Å². The second-order valence-electron chi connectivity index (χ2n) is 5.66. The Kier molecular flexibility index (Phi) is 4.88. The molecule has 1 fully saturated rings. The third-order valence-electron chi connectivity index (χ3n) is 4.15. The normalized spacial score (nSPS) is 15.4. The molecule has 3 heterocycles. The molecule has 4 rings (SSSR count). The van der Waals surface area contributed by atoms with Crippen LogP contribution in [0.5, 0.6) is 0 Å². The Labute approximate surface area is 141 Å². The highest BCUT2D eigenvalue weighted by atomic mass is 35.5. The van der Waals surface area contributed by atoms with Gasteiger partial charge in [0.05, 0.1) is 23.8 Å². The van der Waals surface area contributed by atoms with Crippen LogP contribution in [0, 0.1) is 0 Å². The van der Waals surface area contributed by atoms with Crippen molar-refractivity contribution in [3.8, 4) is 0 Å². The van der Waals surface area contributed by atoms with Gasteiger partial charge in [-0.1, -0.05) is 12.1 Å². The van der Waals surface area contributed by atoms with Gasteiger partial charge in [0.15, 0.2) is 0 Å². The number of hydrogen-bond donors (Lipinski definition) is 1. The SMILES string of the molecule is Cl.c1coc(Cn2c(N3CCCNCC3)nc3ccccc32)c1. The number of nitrogens with one attached hydrogen (secondary N) is 1. The largest absolute Gasteiger partial charge is 0.467 e. The molecule has 1 aliphatic rings. The Bertz CT molecular complexity index is 745. The molecule has 1 saturated heterocycles. The number of hydrogen-bond acceptors (Lipinski definition) is 4. The van der Waals surface area contributed by atoms with E-state index >= 15 is 0 Å². The van der Waals surface area contributed by atoms with Gasteiger partial charge in [-0.15, -0.1) is 12.4 Å². The summed E-state index contributed by atoms with van der Waals surface area (Å²) >= 11 is 0. The topological polar surface area (TPSA) is 46.2 Å². The molecule has 1 aromatic carbocycles. The van der Waals surface area contributed by atoms with Crippen molar-refractivity contribution in [2.24, 2.45) is 0 Å². The fraction of sp³-hybridized carbons (Fsp3) is 0.353. The standard InChI is InChI=1S/C17H20N4O.ClH/c1-2-7-16-15(6-1)19-17(20-10-4-8-18-9-11-20)21(16)13-14-5-3-12-22-14;/h1-3,5-7,12,18H,4,8-11,13H2;1H. The lowest BCUT2D eigenvalue weighted by Crippen LogP contribution is -2.30. The van der Waals surface area contributed by atoms with E-state index in [1.807, 2.05) is 18.2 Å². The third-order valence-corrected chi connectivity index (χ3v) is 4.15. The molecule has 1 N–H and O–H groups in total. The van der Waals surface area contributed by atoms with Gasteiger partial charge in [0, 0.05) is 19.6 Å². The summed E-state index contributed by atoms with van der Waals surface area (Å²) in [6, 6.07) is 12.3. The fourth-order valence-electron chi connectivity index (χ4n) is 3.06. The number of halogens is 1. The predicted molar refractivity (Wildman–Crippen MR) is 94.5 cm³/mol. The first-order chi connectivity index (χ1) is 10.9. The van der Waals surface area contributed by atoms with Crippen LogP contribution in [0.4, 0.5) is 5.95 Å². The average Bonchev–Trinajstić information content (AvgIpc) is 3.09. The maximum absolute atomic E-state index is 5.54. The van der Waals surface area contributed by atoms with Gasteiger partial charge in [-0.05, 0) is 37.2 Å². The van der Waals surface area contributed by atoms with Gasteiger partial charge in [-0.3, -0.25) is 0 Å². The minimum absolute atomic E-state index is 0. The van der Waals surface area contributed by atoms with Crippen molar-refractivity contribution in [2.45, 2.75) is 13.0 Å². The first-order valence-electron chi connectivity index (χ1n) is 7.85. The van der Waals surface area contributed by atoms with Crippen molar-refractivity contribution in [1.29, 1.82) is 0 Å². The Morgan fingerprint density at radius 1 is 1.09 bits per heavy atom. The molecule has 1 aliphatic heterocycles. The Morgan fingerprint density at radius 3 is 2.87 bits per heavy atom. The second-order valence-corrected chi connectivity index (χ2v) is 5.66. The fourth-order valence-corrected chi connectivity index (χ4v) is 3.06. The molecule has 5 nitrogen and oxygen atoms in total. The molecular formula is C17H21ClN4O. The molecule has 23 heavy (non-hydrogen) atoms. The molecule has 0 bridgehead atoms. The van der Waals surface area contributed by atoms with Crippen molar-refractivity contribution in [1.82, 2.24) is 14.9 Å². The summed E-state index contributed by atoms with van der Waals surface area (Å²) in [5.74, 6) is 2.00. The molecule has 0 unspecified atom stereocenters. The number of imidazole rings is 1. The smallest absolute Gasteiger partial charge is 0.207 e. The minimum atomic E-state index is 0. The van der Waals surface area contributed by atoms with Crippen LogP contribution in [0.1, 0.15) is 12.2 Å². The molecule has 0 amide bonds. The molecule has 0 aliphatic carbocycles. The van der Waals surface area contributed by atoms with E-state index < -0.39 is 0 Å². The lowest BCUT2D eigenvalue weighted by molar-refractivity contribution is 0.495. The van der Waals surface area contributed by atoms with Crippen LogP contribution >= 0.6 is 12.4 Å². The average molecular weight is 333 g/mol. The van der Waals surface area contributed by atoms with E-state index in [0.717, 1.165) is 55.3 Å². The van der Waals surface area contributed by atoms with Gasteiger partial charge >= 0.3 is 0 Å². The molecule has 3 aromatic rings. The van der Waals surface area contributed by atoms with Crippen LogP contribution in [0.3, 0.4) is 0 Å². The van der Waals surface area contributed by atoms with E-state index in [-0.39, 0.29) is 12.4 Å². The van der Waals surface area contributed by atoms with Crippen LogP contribution in [-0.4, -0.2) is 35.7 Å². The number of furan rings is 1.